The third-order valence-electron chi connectivity index (χ3n) is 8.53. The molecule has 9 rings (SSSR count). The van der Waals surface area contributed by atoms with Crippen molar-refractivity contribution in [1.82, 2.24) is 19.9 Å². The zero-order chi connectivity index (χ0) is 36.9. The van der Waals surface area contributed by atoms with E-state index in [1.165, 1.54) is 0 Å². The van der Waals surface area contributed by atoms with E-state index >= 15 is 0 Å². The van der Waals surface area contributed by atoms with Crippen LogP contribution in [-0.2, 0) is 0 Å². The minimum Gasteiger partial charge on any atom is -0.454 e. The lowest BCUT2D eigenvalue weighted by atomic mass is 10.00. The van der Waals surface area contributed by atoms with Gasteiger partial charge in [-0.15, -0.1) is 0 Å². The van der Waals surface area contributed by atoms with Crippen LogP contribution in [0, 0.1) is 0 Å². The molecule has 0 bridgehead atoms. The van der Waals surface area contributed by atoms with E-state index in [4.69, 9.17) is 31.2 Å². The van der Waals surface area contributed by atoms with Gasteiger partial charge in [0.05, 0.1) is 12.2 Å². The van der Waals surface area contributed by atoms with E-state index in [2.05, 4.69) is 36.4 Å². The van der Waals surface area contributed by atoms with Crippen molar-refractivity contribution >= 4 is 22.1 Å². The third-order valence-corrected chi connectivity index (χ3v) is 8.53. The Balaban J connectivity index is 1.23. The van der Waals surface area contributed by atoms with Crippen molar-refractivity contribution in [1.29, 1.82) is 0 Å². The smallest absolute Gasteiger partial charge is 0.164 e. The van der Waals surface area contributed by atoms with Gasteiger partial charge in [0.2, 0.25) is 0 Å². The molecule has 5 nitrogen and oxygen atoms in total. The first kappa shape index (κ1) is 23.6. The van der Waals surface area contributed by atoms with Gasteiger partial charge in [-0.1, -0.05) is 152 Å². The summed E-state index contributed by atoms with van der Waals surface area (Å²) >= 11 is 0. The first-order valence-corrected chi connectivity index (χ1v) is 15.8. The minimum absolute atomic E-state index is 0.0453. The molecule has 0 fully saturated rings. The molecule has 0 radical (unpaired) electrons. The average Bonchev–Trinajstić information content (AvgIpc) is 3.62. The number of nitrogens with zero attached hydrogens (tertiary/aromatic N) is 4. The minimum atomic E-state index is -0.494. The highest BCUT2D eigenvalue weighted by Gasteiger charge is 2.20. The normalized spacial score (nSPS) is 12.7. The van der Waals surface area contributed by atoms with Gasteiger partial charge in [0, 0.05) is 28.5 Å². The highest BCUT2D eigenvalue weighted by atomic mass is 16.3. The van der Waals surface area contributed by atoms with Crippen LogP contribution >= 0.6 is 0 Å². The standard InChI is InChI=1S/C44H28N4O/c1-4-11-29(12-5-1)31-19-23-33(24-20-31)36-27-28-45-40-39-37(17-10-18-38(39)49-41(36)40)44-47-42(34-15-8-3-9-16-34)46-43(48-44)35-25-21-32(22-26-35)30-13-6-2-7-14-30/h1-28H/i3D,8D,9D,15D,16D. The van der Waals surface area contributed by atoms with E-state index in [1.807, 2.05) is 97.1 Å². The molecule has 0 saturated carbocycles. The molecule has 9 aromatic rings. The van der Waals surface area contributed by atoms with Crippen molar-refractivity contribution in [3.8, 4) is 67.5 Å². The maximum atomic E-state index is 8.73. The van der Waals surface area contributed by atoms with E-state index in [1.54, 1.807) is 6.20 Å². The maximum absolute atomic E-state index is 8.73. The first-order chi connectivity index (χ1) is 26.4. The topological polar surface area (TPSA) is 64.7 Å². The van der Waals surface area contributed by atoms with Crippen molar-refractivity contribution in [2.24, 2.45) is 0 Å². The second-order valence-electron chi connectivity index (χ2n) is 11.5. The molecule has 6 aromatic carbocycles. The average molecular weight is 634 g/mol. The number of hydrogen-bond acceptors (Lipinski definition) is 5. The molecule has 0 N–H and O–H groups in total. The fraction of sp³-hybridized carbons (Fsp3) is 0. The van der Waals surface area contributed by atoms with Gasteiger partial charge in [0.1, 0.15) is 11.1 Å². The SMILES string of the molecule is [2H]c1c([2H])c([2H])c(-c2nc(-c3ccc(-c4ccccc4)cc3)nc(-c3cccc4oc5c(-c6ccc(-c7ccccc7)cc6)ccnc5c34)n2)c([2H])c1[2H]. The Morgan fingerprint density at radius 3 is 1.63 bits per heavy atom. The van der Waals surface area contributed by atoms with E-state index in [0.29, 0.717) is 33.2 Å². The number of furan rings is 1. The fourth-order valence-corrected chi connectivity index (χ4v) is 6.13. The van der Waals surface area contributed by atoms with Crippen LogP contribution in [0.1, 0.15) is 6.85 Å². The summed E-state index contributed by atoms with van der Waals surface area (Å²) < 4.78 is 48.8. The predicted molar refractivity (Wildman–Crippen MR) is 198 cm³/mol. The number of pyridine rings is 1. The Kier molecular flexibility index (Phi) is 5.84. The summed E-state index contributed by atoms with van der Waals surface area (Å²) in [5.41, 5.74) is 9.05. The monoisotopic (exact) mass is 633 g/mol. The summed E-state index contributed by atoms with van der Waals surface area (Å²) in [7, 11) is 0. The molecular weight excluding hydrogens is 601 g/mol. The lowest BCUT2D eigenvalue weighted by molar-refractivity contribution is 0.669. The van der Waals surface area contributed by atoms with Crippen LogP contribution in [0.25, 0.3) is 89.6 Å². The number of rotatable bonds is 6. The summed E-state index contributed by atoms with van der Waals surface area (Å²) in [4.78, 5) is 19.2. The van der Waals surface area contributed by atoms with Gasteiger partial charge < -0.3 is 4.42 Å². The molecule has 0 aliphatic rings. The highest BCUT2D eigenvalue weighted by molar-refractivity contribution is 6.13. The van der Waals surface area contributed by atoms with Crippen LogP contribution in [0.2, 0.25) is 0 Å². The largest absolute Gasteiger partial charge is 0.454 e. The van der Waals surface area contributed by atoms with Gasteiger partial charge in [-0.05, 0) is 39.9 Å². The van der Waals surface area contributed by atoms with Crippen LogP contribution in [0.3, 0.4) is 0 Å². The number of benzene rings is 6. The predicted octanol–water partition coefficient (Wildman–Crippen LogP) is 11.2. The second-order valence-corrected chi connectivity index (χ2v) is 11.5. The van der Waals surface area contributed by atoms with Gasteiger partial charge in [-0.2, -0.15) is 0 Å². The number of aromatic nitrogens is 4. The summed E-state index contributed by atoms with van der Waals surface area (Å²) in [6.45, 7) is 0. The molecular formula is C44H28N4O. The molecule has 0 saturated heterocycles. The first-order valence-electron chi connectivity index (χ1n) is 18.3. The van der Waals surface area contributed by atoms with Gasteiger partial charge in [0.25, 0.3) is 0 Å². The van der Waals surface area contributed by atoms with Gasteiger partial charge in [-0.3, -0.25) is 4.98 Å². The van der Waals surface area contributed by atoms with E-state index in [-0.39, 0.29) is 23.0 Å². The summed E-state index contributed by atoms with van der Waals surface area (Å²) in [5.74, 6) is 0.469. The van der Waals surface area contributed by atoms with E-state index < -0.39 is 30.2 Å². The van der Waals surface area contributed by atoms with Crippen LogP contribution in [0.5, 0.6) is 0 Å². The molecule has 0 atom stereocenters. The molecule has 49 heavy (non-hydrogen) atoms. The second kappa shape index (κ2) is 12.1. The van der Waals surface area contributed by atoms with Gasteiger partial charge in [-0.25, -0.2) is 15.0 Å². The van der Waals surface area contributed by atoms with Crippen molar-refractivity contribution < 1.29 is 11.3 Å². The lowest BCUT2D eigenvalue weighted by Gasteiger charge is -2.10. The zero-order valence-electron chi connectivity index (χ0n) is 31.0. The molecule has 0 spiro atoms. The lowest BCUT2D eigenvalue weighted by Crippen LogP contribution is -2.00. The Labute approximate surface area is 290 Å². The Hall–Kier alpha value is -6.72. The van der Waals surface area contributed by atoms with Gasteiger partial charge >= 0.3 is 0 Å². The molecule has 5 heteroatoms. The van der Waals surface area contributed by atoms with Crippen molar-refractivity contribution in [3.63, 3.8) is 0 Å². The summed E-state index contributed by atoms with van der Waals surface area (Å²) in [6, 6.07) is 41.5. The Morgan fingerprint density at radius 2 is 0.980 bits per heavy atom. The summed E-state index contributed by atoms with van der Waals surface area (Å²) in [5, 5.41) is 0.679. The third kappa shape index (κ3) is 5.33. The van der Waals surface area contributed by atoms with Crippen molar-refractivity contribution in [2.45, 2.75) is 0 Å². The molecule has 0 aliphatic heterocycles. The molecule has 3 heterocycles. The van der Waals surface area contributed by atoms with E-state index in [9.17, 15) is 0 Å². The van der Waals surface area contributed by atoms with Crippen LogP contribution in [0.4, 0.5) is 0 Å². The number of fused-ring (bicyclic) bond motifs is 3. The molecule has 0 amide bonds. The van der Waals surface area contributed by atoms with Crippen LogP contribution in [0.15, 0.2) is 174 Å². The molecule has 0 aliphatic carbocycles. The zero-order valence-corrected chi connectivity index (χ0v) is 26.0. The van der Waals surface area contributed by atoms with Crippen molar-refractivity contribution in [2.75, 3.05) is 0 Å². The van der Waals surface area contributed by atoms with Gasteiger partial charge in [0.15, 0.2) is 23.1 Å². The summed E-state index contributed by atoms with van der Waals surface area (Å²) in [6.07, 6.45) is 1.75. The van der Waals surface area contributed by atoms with Crippen molar-refractivity contribution in [3.05, 3.63) is 170 Å². The highest BCUT2D eigenvalue weighted by Crippen LogP contribution is 2.39. The molecule has 0 unspecified atom stereocenters. The van der Waals surface area contributed by atoms with Crippen LogP contribution in [-0.4, -0.2) is 19.9 Å². The molecule has 230 valence electrons. The fourth-order valence-electron chi connectivity index (χ4n) is 6.13. The Bertz CT molecular complexity index is 2830. The van der Waals surface area contributed by atoms with E-state index in [0.717, 1.165) is 33.4 Å². The van der Waals surface area contributed by atoms with Crippen LogP contribution < -0.4 is 0 Å². The Morgan fingerprint density at radius 1 is 0.429 bits per heavy atom. The quantitative estimate of drug-likeness (QED) is 0.182. The molecule has 3 aromatic heterocycles. The maximum Gasteiger partial charge on any atom is 0.164 e. The number of hydrogen-bond donors (Lipinski definition) is 0.